The molecule has 3 aromatic heterocycles. The van der Waals surface area contributed by atoms with Gasteiger partial charge >= 0.3 is 0 Å². The van der Waals surface area contributed by atoms with Crippen molar-refractivity contribution in [2.24, 2.45) is 0 Å². The van der Waals surface area contributed by atoms with Gasteiger partial charge in [-0.05, 0) is 162 Å². The van der Waals surface area contributed by atoms with Gasteiger partial charge in [0.05, 0.1) is 47.1 Å². The molecule has 0 radical (unpaired) electrons. The number of fused-ring (bicyclic) bond motifs is 5. The second-order valence-electron chi connectivity index (χ2n) is 27.0. The minimum absolute atomic E-state index is 0.0367. The summed E-state index contributed by atoms with van der Waals surface area (Å²) in [5.41, 5.74) is 16.2. The lowest BCUT2D eigenvalue weighted by Crippen LogP contribution is -2.31. The van der Waals surface area contributed by atoms with Gasteiger partial charge in [-0.15, -0.1) is 0 Å². The Labute approximate surface area is 565 Å². The first-order valence-electron chi connectivity index (χ1n) is 37.2. The van der Waals surface area contributed by atoms with Crippen LogP contribution in [0, 0.1) is 6.33 Å². The van der Waals surface area contributed by atoms with Crippen molar-refractivity contribution in [1.82, 2.24) is 14.1 Å². The summed E-state index contributed by atoms with van der Waals surface area (Å²) in [6.45, 7) is 22.0. The lowest BCUT2D eigenvalue weighted by molar-refractivity contribution is -0.571. The van der Waals surface area contributed by atoms with E-state index in [2.05, 4.69) is 177 Å². The predicted molar refractivity (Wildman–Crippen MR) is 390 cm³/mol. The Morgan fingerprint density at radius 2 is 1.09 bits per heavy atom. The van der Waals surface area contributed by atoms with Crippen molar-refractivity contribution in [1.29, 1.82) is 0 Å². The van der Waals surface area contributed by atoms with E-state index in [4.69, 9.17) is 22.4 Å². The van der Waals surface area contributed by atoms with Gasteiger partial charge in [0.2, 0.25) is 0 Å². The van der Waals surface area contributed by atoms with Crippen LogP contribution in [0.5, 0.6) is 11.5 Å². The Bertz CT molecular complexity index is 5820. The Morgan fingerprint density at radius 1 is 0.468 bits per heavy atom. The zero-order chi connectivity index (χ0) is 73.3. The van der Waals surface area contributed by atoms with Crippen LogP contribution in [-0.2, 0) is 10.8 Å². The fourth-order valence-electron chi connectivity index (χ4n) is 13.2. The van der Waals surface area contributed by atoms with Gasteiger partial charge in [-0.2, -0.15) is 0 Å². The van der Waals surface area contributed by atoms with Crippen LogP contribution in [0.3, 0.4) is 0 Å². The number of para-hydroxylation sites is 4. The maximum atomic E-state index is 9.57. The summed E-state index contributed by atoms with van der Waals surface area (Å²) in [6.07, 6.45) is 3.74. The topological polar surface area (TPSA) is 49.0 Å². The standard InChI is InChI=1S/C88H76N4O2/c1-56(2)72-48-63(58-28-15-11-16-29-58)49-73(57(3)4)83(72)62-42-44-79-80(50-62)91(84-69(59-30-17-12-18-31-59)37-27-38-70(84)60-32-19-13-20-33-60)55-90(79)81-54-68(53-75-71-36-23-26-41-82(71)94-85(75)81)93-67-47-64(46-66(51-67)88(8,9)10)86-89-76-39-24-25-40-78(76)92(86)77-45-43-65(87(5,6)7)52-74(77)61-34-21-14-22-35-61/h11-54,56-57H,1-10H3/i12D,13D,17D,18D,19D,20D,30D,31D,32D,33D. The normalized spacial score (nSPS) is 13.6. The molecule has 6 nitrogen and oxygen atoms in total. The highest BCUT2D eigenvalue weighted by Gasteiger charge is 2.28. The van der Waals surface area contributed by atoms with E-state index >= 15 is 0 Å². The molecule has 12 aromatic carbocycles. The molecule has 15 rings (SSSR count). The summed E-state index contributed by atoms with van der Waals surface area (Å²) in [5.74, 6) is 1.77. The van der Waals surface area contributed by atoms with Gasteiger partial charge in [0.25, 0.3) is 6.33 Å². The summed E-state index contributed by atoms with van der Waals surface area (Å²) >= 11 is 0. The van der Waals surface area contributed by atoms with Gasteiger partial charge in [0, 0.05) is 21.9 Å². The molecule has 0 N–H and O–H groups in total. The first kappa shape index (κ1) is 48.9. The van der Waals surface area contributed by atoms with Gasteiger partial charge in [0.1, 0.15) is 34.2 Å². The third-order valence-electron chi connectivity index (χ3n) is 18.0. The zero-order valence-corrected chi connectivity index (χ0v) is 54.4. The quantitative estimate of drug-likeness (QED) is 0.0854. The highest BCUT2D eigenvalue weighted by molar-refractivity contribution is 6.08. The van der Waals surface area contributed by atoms with E-state index in [1.54, 1.807) is 22.8 Å². The maximum absolute atomic E-state index is 9.57. The Morgan fingerprint density at radius 3 is 1.74 bits per heavy atom. The molecule has 0 saturated heterocycles. The second kappa shape index (κ2) is 23.7. The Hall–Kier alpha value is -10.8. The van der Waals surface area contributed by atoms with E-state index in [1.807, 2.05) is 95.6 Å². The van der Waals surface area contributed by atoms with Crippen molar-refractivity contribution in [2.75, 3.05) is 0 Å². The Kier molecular flexibility index (Phi) is 12.3. The summed E-state index contributed by atoms with van der Waals surface area (Å²) in [6, 6.07) is 63.8. The minimum atomic E-state index is -0.592. The first-order valence-corrected chi connectivity index (χ1v) is 32.2. The van der Waals surface area contributed by atoms with Crippen LogP contribution in [0.2, 0.25) is 0 Å². The third kappa shape index (κ3) is 10.9. The molecular formula is C88H76N4O2. The lowest BCUT2D eigenvalue weighted by atomic mass is 9.82. The number of hydrogen-bond acceptors (Lipinski definition) is 3. The van der Waals surface area contributed by atoms with Crippen LogP contribution >= 0.6 is 0 Å². The summed E-state index contributed by atoms with van der Waals surface area (Å²) in [7, 11) is 0. The number of aromatic nitrogens is 4. The van der Waals surface area contributed by atoms with Crippen LogP contribution in [0.1, 0.15) is 117 Å². The van der Waals surface area contributed by atoms with Crippen molar-refractivity contribution < 1.29 is 27.4 Å². The van der Waals surface area contributed by atoms with E-state index in [1.165, 1.54) is 5.56 Å². The van der Waals surface area contributed by atoms with Gasteiger partial charge in [-0.1, -0.05) is 269 Å². The monoisotopic (exact) mass is 1230 g/mol. The molecular weight excluding hydrogens is 1140 g/mol. The highest BCUT2D eigenvalue weighted by Crippen LogP contribution is 2.46. The van der Waals surface area contributed by atoms with E-state index in [0.29, 0.717) is 44.8 Å². The highest BCUT2D eigenvalue weighted by atomic mass is 16.5. The molecule has 0 aliphatic heterocycles. The average molecular weight is 1230 g/mol. The number of benzene rings is 12. The number of hydrogen-bond donors (Lipinski definition) is 0. The molecule has 6 heteroatoms. The largest absolute Gasteiger partial charge is 0.460 e. The fraction of sp³-hybridized carbons (Fsp3) is 0.159. The molecule has 0 bridgehead atoms. The molecule has 0 saturated carbocycles. The number of imidazole rings is 2. The van der Waals surface area contributed by atoms with Crippen LogP contribution < -0.4 is 9.30 Å². The van der Waals surface area contributed by atoms with Crippen LogP contribution in [0.25, 0.3) is 128 Å². The van der Waals surface area contributed by atoms with Gasteiger partial charge < -0.3 is 9.15 Å². The molecule has 0 aliphatic rings. The predicted octanol–water partition coefficient (Wildman–Crippen LogP) is 23.6. The lowest BCUT2D eigenvalue weighted by Gasteiger charge is -2.24. The second-order valence-corrected chi connectivity index (χ2v) is 27.0. The molecule has 0 amide bonds. The SMILES string of the molecule is [2H]c1c([2H])c([2H])c(-c2cccc(-c3c([2H])c([2H])c([2H])c([2H])c3[2H])c2-[n+]2[c-]n(-c3cc(Oc4cc(-c5nc6ccccc6n5-c5ccc(C(C)(C)C)cc5-c5ccccc5)cc(C(C)(C)C)c4)cc4c3oc3ccccc34)c3ccc(-c4c(C(C)C)cc(-c5ccccc5)cc4C(C)C)cc32)c([2H])c1[2H]. The molecule has 15 aromatic rings. The van der Waals surface area contributed by atoms with Crippen LogP contribution in [-0.4, -0.2) is 14.1 Å². The fourth-order valence-corrected chi connectivity index (χ4v) is 13.2. The molecule has 94 heavy (non-hydrogen) atoms. The molecule has 0 atom stereocenters. The smallest absolute Gasteiger partial charge is 0.270 e. The number of ether oxygens (including phenoxy) is 1. The van der Waals surface area contributed by atoms with Crippen molar-refractivity contribution in [3.63, 3.8) is 0 Å². The van der Waals surface area contributed by atoms with Gasteiger partial charge in [0.15, 0.2) is 0 Å². The molecule has 3 heterocycles. The van der Waals surface area contributed by atoms with Crippen molar-refractivity contribution in [2.45, 2.75) is 91.9 Å². The van der Waals surface area contributed by atoms with E-state index in [0.717, 1.165) is 83.6 Å². The number of furan rings is 1. The van der Waals surface area contributed by atoms with Crippen molar-refractivity contribution >= 4 is 44.0 Å². The molecule has 0 fully saturated rings. The first-order chi connectivity index (χ1) is 49.7. The van der Waals surface area contributed by atoms with E-state index < -0.39 is 60.4 Å². The van der Waals surface area contributed by atoms with Gasteiger partial charge in [-0.3, -0.25) is 13.7 Å². The molecule has 0 aliphatic carbocycles. The summed E-state index contributed by atoms with van der Waals surface area (Å²) < 4.78 is 112. The number of rotatable bonds is 13. The van der Waals surface area contributed by atoms with Gasteiger partial charge in [-0.25, -0.2) is 4.98 Å². The zero-order valence-electron chi connectivity index (χ0n) is 64.4. The maximum Gasteiger partial charge on any atom is 0.270 e. The molecule has 460 valence electrons. The van der Waals surface area contributed by atoms with Crippen LogP contribution in [0.4, 0.5) is 0 Å². The van der Waals surface area contributed by atoms with Crippen molar-refractivity contribution in [3.8, 4) is 95.6 Å². The Balaban J connectivity index is 1.02. The van der Waals surface area contributed by atoms with E-state index in [-0.39, 0.29) is 50.6 Å². The van der Waals surface area contributed by atoms with Crippen LogP contribution in [0.15, 0.2) is 271 Å². The molecule has 0 unspecified atom stereocenters. The summed E-state index contributed by atoms with van der Waals surface area (Å²) in [4.78, 5) is 5.47. The molecule has 0 spiro atoms. The third-order valence-corrected chi connectivity index (χ3v) is 18.0. The number of nitrogens with zero attached hydrogens (tertiary/aromatic N) is 4. The van der Waals surface area contributed by atoms with E-state index in [9.17, 15) is 5.48 Å². The minimum Gasteiger partial charge on any atom is -0.460 e. The average Bonchev–Trinajstić information content (AvgIpc) is 1.55. The summed E-state index contributed by atoms with van der Waals surface area (Å²) in [5, 5.41) is 1.52. The van der Waals surface area contributed by atoms with Crippen molar-refractivity contribution in [3.05, 3.63) is 295 Å².